The van der Waals surface area contributed by atoms with Crippen LogP contribution in [0.1, 0.15) is 34.6 Å². The van der Waals surface area contributed by atoms with Crippen molar-refractivity contribution in [3.8, 4) is 12.5 Å². The molecule has 0 spiro atoms. The van der Waals surface area contributed by atoms with Crippen LogP contribution in [-0.4, -0.2) is 32.7 Å². The zero-order valence-electron chi connectivity index (χ0n) is 14.2. The van der Waals surface area contributed by atoms with Crippen LogP contribution < -0.4 is 0 Å². The summed E-state index contributed by atoms with van der Waals surface area (Å²) in [6.07, 6.45) is 10.1. The monoisotopic (exact) mass is 350 g/mol. The molecular formula is C16H19AlO7. The molecule has 0 atom stereocenters. The van der Waals surface area contributed by atoms with Gasteiger partial charge in [0.15, 0.2) is 11.6 Å². The predicted octanol–water partition coefficient (Wildman–Crippen LogP) is 2.04. The summed E-state index contributed by atoms with van der Waals surface area (Å²) in [5.41, 5.74) is 0. The zero-order valence-corrected chi connectivity index (χ0v) is 15.4. The van der Waals surface area contributed by atoms with E-state index >= 15 is 0 Å². The van der Waals surface area contributed by atoms with Crippen LogP contribution in [0, 0.1) is 12.5 Å². The molecule has 0 aliphatic rings. The number of rotatable bonds is 9. The molecule has 0 heterocycles. The first-order valence-corrected chi connectivity index (χ1v) is 8.28. The average molecular weight is 350 g/mol. The Morgan fingerprint density at radius 1 is 0.792 bits per heavy atom. The molecule has 24 heavy (non-hydrogen) atoms. The number of carbonyl (C=O) groups is 3. The minimum atomic E-state index is -2.87. The van der Waals surface area contributed by atoms with Crippen molar-refractivity contribution in [1.82, 2.24) is 0 Å². The van der Waals surface area contributed by atoms with Gasteiger partial charge in [-0.1, -0.05) is 6.42 Å². The summed E-state index contributed by atoms with van der Waals surface area (Å²) >= 11 is -2.87. The second-order valence-corrected chi connectivity index (χ2v) is 5.95. The molecule has 0 aromatic carbocycles. The molecule has 0 fully saturated rings. The van der Waals surface area contributed by atoms with Crippen LogP contribution in [0.3, 0.4) is 0 Å². The third-order valence-corrected chi connectivity index (χ3v) is 3.83. The number of terminal acetylenes is 1. The lowest BCUT2D eigenvalue weighted by molar-refractivity contribution is -0.131. The van der Waals surface area contributed by atoms with Gasteiger partial charge in [0.25, 0.3) is 0 Å². The second-order valence-electron chi connectivity index (χ2n) is 4.67. The Labute approximate surface area is 146 Å². The first kappa shape index (κ1) is 21.5. The number of ketones is 2. The molecule has 8 heteroatoms. The Kier molecular flexibility index (Phi) is 9.97. The molecule has 0 aromatic rings. The largest absolute Gasteiger partial charge is 1.20 e. The fraction of sp³-hybridized carbons (Fsp3) is 0.312. The zero-order chi connectivity index (χ0) is 18.7. The molecule has 0 aliphatic carbocycles. The van der Waals surface area contributed by atoms with E-state index in [1.165, 1.54) is 32.9 Å². The van der Waals surface area contributed by atoms with Gasteiger partial charge in [0.2, 0.25) is 0 Å². The van der Waals surface area contributed by atoms with Gasteiger partial charge >= 0.3 is 21.1 Å². The van der Waals surface area contributed by atoms with Crippen molar-refractivity contribution in [3.63, 3.8) is 0 Å². The molecule has 0 saturated carbocycles. The van der Waals surface area contributed by atoms with Gasteiger partial charge in [-0.05, 0) is 34.6 Å². The van der Waals surface area contributed by atoms with Crippen LogP contribution in [0.15, 0.2) is 35.5 Å². The lowest BCUT2D eigenvalue weighted by atomic mass is 10.4. The molecular weight excluding hydrogens is 331 g/mol. The van der Waals surface area contributed by atoms with E-state index in [-0.39, 0.29) is 28.8 Å². The number of esters is 1. The fourth-order valence-electron chi connectivity index (χ4n) is 1.46. The number of hydrogen-bond donors (Lipinski definition) is 0. The van der Waals surface area contributed by atoms with Crippen LogP contribution in [-0.2, 0) is 30.5 Å². The molecule has 7 nitrogen and oxygen atoms in total. The van der Waals surface area contributed by atoms with Gasteiger partial charge in [-0.25, -0.2) is 4.79 Å². The average Bonchev–Trinajstić information content (AvgIpc) is 2.35. The Bertz CT molecular complexity index is 591. The number of hydrogen-bond acceptors (Lipinski definition) is 7. The van der Waals surface area contributed by atoms with Crippen LogP contribution in [0.2, 0.25) is 0 Å². The van der Waals surface area contributed by atoms with Crippen molar-refractivity contribution in [2.75, 3.05) is 0 Å². The van der Waals surface area contributed by atoms with E-state index in [4.69, 9.17) is 17.8 Å². The Balaban J connectivity index is 5.18. The summed E-state index contributed by atoms with van der Waals surface area (Å²) in [5, 5.41) is 0. The first-order valence-electron chi connectivity index (χ1n) is 6.86. The Hall–Kier alpha value is -2.48. The van der Waals surface area contributed by atoms with Gasteiger partial charge in [-0.3, -0.25) is 9.59 Å². The smallest absolute Gasteiger partial charge is 0.580 e. The topological polar surface area (TPSA) is 88.1 Å². The lowest BCUT2D eigenvalue weighted by Crippen LogP contribution is -2.26. The summed E-state index contributed by atoms with van der Waals surface area (Å²) < 4.78 is 20.7. The standard InChI is InChI=1S/C6H6O3.2C5H8O2.Al/c1-3-9-6(8)4-5(2)7;2*1-4(6)3-5(2)7;/h1,4,7H,2H3;2*3,6H,1-2H3;/q;;;+3/p-3. The van der Waals surface area contributed by atoms with E-state index in [0.717, 1.165) is 6.08 Å². The Morgan fingerprint density at radius 2 is 1.17 bits per heavy atom. The van der Waals surface area contributed by atoms with Crippen LogP contribution in [0.25, 0.3) is 0 Å². The molecule has 0 aromatic heterocycles. The molecule has 0 aliphatic heterocycles. The van der Waals surface area contributed by atoms with Gasteiger partial charge < -0.3 is 16.1 Å². The van der Waals surface area contributed by atoms with Crippen LogP contribution >= 0.6 is 0 Å². The third kappa shape index (κ3) is 11.1. The second kappa shape index (κ2) is 11.1. The van der Waals surface area contributed by atoms with E-state index in [9.17, 15) is 14.4 Å². The number of carbonyl (C=O) groups excluding carboxylic acids is 3. The summed E-state index contributed by atoms with van der Waals surface area (Å²) in [4.78, 5) is 33.4. The molecule has 0 amide bonds. The highest BCUT2D eigenvalue weighted by Gasteiger charge is 2.44. The molecule has 0 bridgehead atoms. The van der Waals surface area contributed by atoms with Crippen LogP contribution in [0.4, 0.5) is 0 Å². The highest BCUT2D eigenvalue weighted by molar-refractivity contribution is 6.37. The molecule has 0 N–H and O–H groups in total. The van der Waals surface area contributed by atoms with E-state index in [0.29, 0.717) is 0 Å². The highest BCUT2D eigenvalue weighted by atomic mass is 27.3. The third-order valence-electron chi connectivity index (χ3n) is 2.14. The quantitative estimate of drug-likeness (QED) is 0.207. The molecule has 0 radical (unpaired) electrons. The summed E-state index contributed by atoms with van der Waals surface area (Å²) in [6.45, 7) is 7.34. The van der Waals surface area contributed by atoms with Gasteiger partial charge in [0, 0.05) is 12.2 Å². The molecule has 128 valence electrons. The Morgan fingerprint density at radius 3 is 1.50 bits per heavy atom. The summed E-state index contributed by atoms with van der Waals surface area (Å²) in [5.74, 6) is -0.474. The van der Waals surface area contributed by atoms with E-state index in [2.05, 4.69) is 4.74 Å². The van der Waals surface area contributed by atoms with Crippen molar-refractivity contribution in [1.29, 1.82) is 0 Å². The minimum Gasteiger partial charge on any atom is -0.580 e. The molecule has 0 rings (SSSR count). The minimum absolute atomic E-state index is 0.151. The van der Waals surface area contributed by atoms with Gasteiger partial charge in [0.1, 0.15) is 6.11 Å². The van der Waals surface area contributed by atoms with Crippen molar-refractivity contribution >= 4 is 32.7 Å². The first-order chi connectivity index (χ1) is 11.1. The highest BCUT2D eigenvalue weighted by Crippen LogP contribution is 2.11. The number of ether oxygens (including phenoxy) is 1. The van der Waals surface area contributed by atoms with E-state index in [1.54, 1.807) is 20.0 Å². The van der Waals surface area contributed by atoms with Crippen molar-refractivity contribution in [2.24, 2.45) is 0 Å². The number of allylic oxidation sites excluding steroid dienone is 5. The van der Waals surface area contributed by atoms with Crippen LogP contribution in [0.5, 0.6) is 0 Å². The fourth-order valence-corrected chi connectivity index (χ4v) is 2.71. The lowest BCUT2D eigenvalue weighted by Gasteiger charge is -2.16. The summed E-state index contributed by atoms with van der Waals surface area (Å²) in [6, 6.07) is 0. The maximum absolute atomic E-state index is 11.3. The molecule has 0 saturated heterocycles. The molecule has 0 unspecified atom stereocenters. The summed E-state index contributed by atoms with van der Waals surface area (Å²) in [7, 11) is 0. The maximum Gasteiger partial charge on any atom is 1.20 e. The van der Waals surface area contributed by atoms with Gasteiger partial charge in [-0.2, -0.15) is 0 Å². The maximum atomic E-state index is 11.3. The SMILES string of the molecule is C#COC(=O)C=C(C)[O][Al]([O]C(C)=CC(C)=O)[O]C(C)=CC(C)=O. The van der Waals surface area contributed by atoms with E-state index < -0.39 is 21.1 Å². The van der Waals surface area contributed by atoms with Crippen molar-refractivity contribution < 1.29 is 30.5 Å². The normalized spacial score (nSPS) is 11.9. The van der Waals surface area contributed by atoms with Gasteiger partial charge in [-0.15, -0.1) is 0 Å². The van der Waals surface area contributed by atoms with E-state index in [1.807, 2.05) is 0 Å². The predicted molar refractivity (Wildman–Crippen MR) is 86.6 cm³/mol. The van der Waals surface area contributed by atoms with Crippen molar-refractivity contribution in [2.45, 2.75) is 34.6 Å². The van der Waals surface area contributed by atoms with Crippen molar-refractivity contribution in [3.05, 3.63) is 35.5 Å². The van der Waals surface area contributed by atoms with Gasteiger partial charge in [0.05, 0.1) is 23.4 Å².